The van der Waals surface area contributed by atoms with Crippen LogP contribution in [-0.4, -0.2) is 38.2 Å². The Bertz CT molecular complexity index is 460. The monoisotopic (exact) mass is 412 g/mol. The first kappa shape index (κ1) is 22.0. The molecule has 0 aromatic heterocycles. The fraction of sp³-hybridized carbons (Fsp3) is 0.625. The lowest BCUT2D eigenvalue weighted by Crippen LogP contribution is -2.48. The van der Waals surface area contributed by atoms with Crippen LogP contribution in [0.2, 0.25) is 0 Å². The van der Waals surface area contributed by atoms with Gasteiger partial charge in [-0.25, -0.2) is 0 Å². The maximum atomic E-state index is 5.34. The van der Waals surface area contributed by atoms with E-state index in [1.54, 1.807) is 7.11 Å². The Morgan fingerprint density at radius 2 is 1.77 bits per heavy atom. The molecule has 1 heterocycles. The van der Waals surface area contributed by atoms with Gasteiger partial charge < -0.3 is 10.1 Å². The molecule has 128 valence electrons. The average Bonchev–Trinajstić information content (AvgIpc) is 2.39. The lowest BCUT2D eigenvalue weighted by molar-refractivity contribution is 0.0861. The lowest BCUT2D eigenvalue weighted by Gasteiger charge is -2.42. The Balaban J connectivity index is 0.00000220. The van der Waals surface area contributed by atoms with Crippen LogP contribution >= 0.6 is 40.7 Å². The van der Waals surface area contributed by atoms with Gasteiger partial charge >= 0.3 is 0 Å². The smallest absolute Gasteiger partial charge is 0.133 e. The van der Waals surface area contributed by atoms with Crippen molar-refractivity contribution in [3.63, 3.8) is 0 Å². The largest absolute Gasteiger partial charge is 0.496 e. The quantitative estimate of drug-likeness (QED) is 0.799. The number of hydrogen-bond acceptors (Lipinski definition) is 3. The normalized spacial score (nSPS) is 17.1. The number of halogens is 3. The molecule has 1 fully saturated rings. The van der Waals surface area contributed by atoms with Crippen molar-refractivity contribution in [3.8, 4) is 5.75 Å². The van der Waals surface area contributed by atoms with Crippen LogP contribution in [-0.2, 0) is 0 Å². The fourth-order valence-corrected chi connectivity index (χ4v) is 3.61. The number of piperazine rings is 1. The maximum Gasteiger partial charge on any atom is 0.133 e. The molecular weight excluding hydrogens is 387 g/mol. The molecule has 1 aliphatic rings. The second-order valence-corrected chi connectivity index (χ2v) is 7.30. The summed E-state index contributed by atoms with van der Waals surface area (Å²) in [6, 6.07) is 6.88. The van der Waals surface area contributed by atoms with Gasteiger partial charge in [-0.2, -0.15) is 0 Å². The minimum Gasteiger partial charge on any atom is -0.496 e. The molecule has 3 nitrogen and oxygen atoms in total. The molecular formula is C16H27BrCl2N2O. The van der Waals surface area contributed by atoms with Crippen molar-refractivity contribution in [1.29, 1.82) is 0 Å². The summed E-state index contributed by atoms with van der Waals surface area (Å²) in [5.41, 5.74) is 1.55. The molecule has 0 saturated carbocycles. The summed E-state index contributed by atoms with van der Waals surface area (Å²) in [5.74, 6) is 0.890. The highest BCUT2D eigenvalue weighted by Gasteiger charge is 2.32. The Morgan fingerprint density at radius 3 is 2.23 bits per heavy atom. The number of methoxy groups -OCH3 is 1. The predicted octanol–water partition coefficient (Wildman–Crippen LogP) is 4.29. The standard InChI is InChI=1S/C16H25BrN2O.2ClH/c1-16(2,3)15(19-9-7-18-8-10-19)12-5-6-14(20-4)13(17)11-12;;/h5-6,11,15,18H,7-10H2,1-4H3;2*1H/t15-;;/m1../s1. The fourth-order valence-electron chi connectivity index (χ4n) is 3.05. The highest BCUT2D eigenvalue weighted by Crippen LogP contribution is 2.40. The van der Waals surface area contributed by atoms with Crippen molar-refractivity contribution in [2.75, 3.05) is 33.3 Å². The number of ether oxygens (including phenoxy) is 1. The van der Waals surface area contributed by atoms with Gasteiger partial charge in [0.15, 0.2) is 0 Å². The zero-order valence-electron chi connectivity index (χ0n) is 13.7. The summed E-state index contributed by atoms with van der Waals surface area (Å²) < 4.78 is 6.37. The van der Waals surface area contributed by atoms with Crippen LogP contribution in [0.25, 0.3) is 0 Å². The van der Waals surface area contributed by atoms with Gasteiger partial charge in [0.05, 0.1) is 11.6 Å². The molecule has 1 saturated heterocycles. The third-order valence-electron chi connectivity index (χ3n) is 3.83. The predicted molar refractivity (Wildman–Crippen MR) is 102 cm³/mol. The van der Waals surface area contributed by atoms with Crippen molar-refractivity contribution in [2.45, 2.75) is 26.8 Å². The molecule has 1 aromatic rings. The lowest BCUT2D eigenvalue weighted by atomic mass is 9.81. The molecule has 0 bridgehead atoms. The minimum absolute atomic E-state index is 0. The summed E-state index contributed by atoms with van der Waals surface area (Å²) in [6.07, 6.45) is 0. The third-order valence-corrected chi connectivity index (χ3v) is 4.45. The van der Waals surface area contributed by atoms with Gasteiger partial charge in [0.2, 0.25) is 0 Å². The van der Waals surface area contributed by atoms with Crippen molar-refractivity contribution in [3.05, 3.63) is 28.2 Å². The Hall–Kier alpha value is -0.000000000000000111. The molecule has 1 N–H and O–H groups in total. The number of benzene rings is 1. The second-order valence-electron chi connectivity index (χ2n) is 6.45. The third kappa shape index (κ3) is 5.27. The van der Waals surface area contributed by atoms with Gasteiger partial charge in [-0.15, -0.1) is 24.8 Å². The van der Waals surface area contributed by atoms with E-state index < -0.39 is 0 Å². The van der Waals surface area contributed by atoms with E-state index in [2.05, 4.69) is 65.1 Å². The number of nitrogens with zero attached hydrogens (tertiary/aromatic N) is 1. The molecule has 2 rings (SSSR count). The van der Waals surface area contributed by atoms with Gasteiger partial charge in [0.25, 0.3) is 0 Å². The van der Waals surface area contributed by atoms with E-state index in [0.29, 0.717) is 6.04 Å². The zero-order valence-corrected chi connectivity index (χ0v) is 16.9. The summed E-state index contributed by atoms with van der Waals surface area (Å²) in [5, 5.41) is 3.43. The number of nitrogens with one attached hydrogen (secondary N) is 1. The maximum absolute atomic E-state index is 5.34. The van der Waals surface area contributed by atoms with Crippen LogP contribution in [0, 0.1) is 5.41 Å². The first-order chi connectivity index (χ1) is 9.43. The highest BCUT2D eigenvalue weighted by atomic mass is 79.9. The van der Waals surface area contributed by atoms with E-state index >= 15 is 0 Å². The van der Waals surface area contributed by atoms with Crippen LogP contribution in [0.4, 0.5) is 0 Å². The Kier molecular flexibility index (Phi) is 9.33. The van der Waals surface area contributed by atoms with E-state index in [9.17, 15) is 0 Å². The summed E-state index contributed by atoms with van der Waals surface area (Å²) in [7, 11) is 1.71. The number of hydrogen-bond donors (Lipinski definition) is 1. The van der Waals surface area contributed by atoms with Crippen molar-refractivity contribution in [2.24, 2.45) is 5.41 Å². The second kappa shape index (κ2) is 9.33. The molecule has 0 aliphatic carbocycles. The Morgan fingerprint density at radius 1 is 1.18 bits per heavy atom. The molecule has 1 aromatic carbocycles. The van der Waals surface area contributed by atoms with Crippen LogP contribution in [0.15, 0.2) is 22.7 Å². The zero-order chi connectivity index (χ0) is 14.8. The van der Waals surface area contributed by atoms with Crippen molar-refractivity contribution >= 4 is 40.7 Å². The Labute approximate surface area is 155 Å². The molecule has 0 amide bonds. The van der Waals surface area contributed by atoms with E-state index in [1.165, 1.54) is 5.56 Å². The molecule has 1 atom stereocenters. The van der Waals surface area contributed by atoms with E-state index in [0.717, 1.165) is 36.4 Å². The van der Waals surface area contributed by atoms with Crippen LogP contribution in [0.5, 0.6) is 5.75 Å². The van der Waals surface area contributed by atoms with Gasteiger partial charge in [-0.3, -0.25) is 4.90 Å². The first-order valence-corrected chi connectivity index (χ1v) is 8.01. The molecule has 22 heavy (non-hydrogen) atoms. The van der Waals surface area contributed by atoms with Crippen molar-refractivity contribution < 1.29 is 4.74 Å². The molecule has 1 aliphatic heterocycles. The summed E-state index contributed by atoms with van der Waals surface area (Å²) in [6.45, 7) is 11.3. The SMILES string of the molecule is COc1ccc([C@@H](N2CCNCC2)C(C)(C)C)cc1Br.Cl.Cl. The van der Waals surface area contributed by atoms with Crippen LogP contribution in [0.1, 0.15) is 32.4 Å². The van der Waals surface area contributed by atoms with Gasteiger partial charge in [-0.05, 0) is 39.0 Å². The molecule has 6 heteroatoms. The highest BCUT2D eigenvalue weighted by molar-refractivity contribution is 9.10. The van der Waals surface area contributed by atoms with Gasteiger partial charge in [0.1, 0.15) is 5.75 Å². The summed E-state index contributed by atoms with van der Waals surface area (Å²) in [4.78, 5) is 2.59. The summed E-state index contributed by atoms with van der Waals surface area (Å²) >= 11 is 3.61. The van der Waals surface area contributed by atoms with Gasteiger partial charge in [-0.1, -0.05) is 26.8 Å². The molecule has 0 spiro atoms. The van der Waals surface area contributed by atoms with Crippen LogP contribution < -0.4 is 10.1 Å². The first-order valence-electron chi connectivity index (χ1n) is 7.21. The van der Waals surface area contributed by atoms with E-state index in [1.807, 2.05) is 0 Å². The van der Waals surface area contributed by atoms with Crippen molar-refractivity contribution in [1.82, 2.24) is 10.2 Å². The van der Waals surface area contributed by atoms with Gasteiger partial charge in [0, 0.05) is 32.2 Å². The van der Waals surface area contributed by atoms with E-state index in [-0.39, 0.29) is 30.2 Å². The van der Waals surface area contributed by atoms with E-state index in [4.69, 9.17) is 4.74 Å². The topological polar surface area (TPSA) is 24.5 Å². The molecule has 0 radical (unpaired) electrons. The molecule has 0 unspecified atom stereocenters. The average molecular weight is 414 g/mol. The van der Waals surface area contributed by atoms with Crippen LogP contribution in [0.3, 0.4) is 0 Å². The minimum atomic E-state index is 0. The number of rotatable bonds is 3.